The quantitative estimate of drug-likeness (QED) is 0.786. The highest BCUT2D eigenvalue weighted by atomic mass is 16.5. The molecule has 3 aromatic rings. The van der Waals surface area contributed by atoms with E-state index in [1.807, 2.05) is 12.1 Å². The maximum absolute atomic E-state index is 9.33. The van der Waals surface area contributed by atoms with Gasteiger partial charge < -0.3 is 19.0 Å². The molecule has 0 atom stereocenters. The molecule has 1 N–H and O–H groups in total. The fourth-order valence-corrected chi connectivity index (χ4v) is 2.13. The molecule has 0 radical (unpaired) electrons. The number of aromatic hydroxyl groups is 1. The lowest BCUT2D eigenvalue weighted by Gasteiger charge is -2.04. The van der Waals surface area contributed by atoms with Crippen LogP contribution in [0.1, 0.15) is 0 Å². The summed E-state index contributed by atoms with van der Waals surface area (Å²) in [6.45, 7) is 0. The van der Waals surface area contributed by atoms with Crippen molar-refractivity contribution in [1.82, 2.24) is 0 Å². The molecule has 20 heavy (non-hydrogen) atoms. The van der Waals surface area contributed by atoms with Gasteiger partial charge in [0, 0.05) is 17.0 Å². The van der Waals surface area contributed by atoms with Gasteiger partial charge in [-0.05, 0) is 36.4 Å². The smallest absolute Gasteiger partial charge is 0.176 e. The molecule has 0 aliphatic carbocycles. The lowest BCUT2D eigenvalue weighted by molar-refractivity contribution is 0.393. The number of methoxy groups -OCH3 is 2. The topological polar surface area (TPSA) is 51.8 Å². The number of hydrogen-bond acceptors (Lipinski definition) is 4. The van der Waals surface area contributed by atoms with Crippen molar-refractivity contribution in [3.05, 3.63) is 42.5 Å². The van der Waals surface area contributed by atoms with Crippen LogP contribution in [0.2, 0.25) is 0 Å². The molecule has 1 heterocycles. The second kappa shape index (κ2) is 4.81. The van der Waals surface area contributed by atoms with Gasteiger partial charge in [-0.2, -0.15) is 0 Å². The predicted octanol–water partition coefficient (Wildman–Crippen LogP) is 3.82. The number of phenols is 1. The molecule has 0 unspecified atom stereocenters. The average molecular weight is 270 g/mol. The van der Waals surface area contributed by atoms with E-state index >= 15 is 0 Å². The van der Waals surface area contributed by atoms with Crippen molar-refractivity contribution >= 4 is 11.0 Å². The third kappa shape index (κ3) is 2.05. The molecule has 0 bridgehead atoms. The van der Waals surface area contributed by atoms with Crippen LogP contribution in [0.4, 0.5) is 0 Å². The Bertz CT molecular complexity index is 741. The Kier molecular flexibility index (Phi) is 2.99. The Morgan fingerprint density at radius 2 is 1.70 bits per heavy atom. The molecule has 0 saturated heterocycles. The molecule has 0 spiro atoms. The third-order valence-corrected chi connectivity index (χ3v) is 3.16. The SMILES string of the molecule is COc1cc(OC)c2oc(-c3ccc(O)cc3)cc2c1. The van der Waals surface area contributed by atoms with E-state index in [1.54, 1.807) is 44.6 Å². The van der Waals surface area contributed by atoms with Crippen molar-refractivity contribution in [2.24, 2.45) is 0 Å². The van der Waals surface area contributed by atoms with Gasteiger partial charge in [0.15, 0.2) is 11.3 Å². The zero-order chi connectivity index (χ0) is 14.1. The highest BCUT2D eigenvalue weighted by Gasteiger charge is 2.12. The first kappa shape index (κ1) is 12.4. The van der Waals surface area contributed by atoms with E-state index in [4.69, 9.17) is 13.9 Å². The summed E-state index contributed by atoms with van der Waals surface area (Å²) in [4.78, 5) is 0. The molecule has 0 aliphatic rings. The van der Waals surface area contributed by atoms with Crippen LogP contribution in [0.15, 0.2) is 46.9 Å². The molecule has 2 aromatic carbocycles. The molecule has 0 saturated carbocycles. The number of hydrogen-bond donors (Lipinski definition) is 1. The monoisotopic (exact) mass is 270 g/mol. The number of rotatable bonds is 3. The van der Waals surface area contributed by atoms with Gasteiger partial charge in [0.25, 0.3) is 0 Å². The summed E-state index contributed by atoms with van der Waals surface area (Å²) in [5.41, 5.74) is 1.57. The molecule has 1 aromatic heterocycles. The second-order valence-corrected chi connectivity index (χ2v) is 4.41. The van der Waals surface area contributed by atoms with Crippen LogP contribution in [0.25, 0.3) is 22.3 Å². The zero-order valence-corrected chi connectivity index (χ0v) is 11.2. The highest BCUT2D eigenvalue weighted by molar-refractivity contribution is 5.88. The normalized spacial score (nSPS) is 10.7. The third-order valence-electron chi connectivity index (χ3n) is 3.16. The molecular formula is C16H14O4. The van der Waals surface area contributed by atoms with Gasteiger partial charge in [0.05, 0.1) is 14.2 Å². The summed E-state index contributed by atoms with van der Waals surface area (Å²) in [6.07, 6.45) is 0. The van der Waals surface area contributed by atoms with Gasteiger partial charge in [-0.1, -0.05) is 0 Å². The fourth-order valence-electron chi connectivity index (χ4n) is 2.13. The van der Waals surface area contributed by atoms with Gasteiger partial charge in [-0.25, -0.2) is 0 Å². The first-order chi connectivity index (χ1) is 9.71. The maximum Gasteiger partial charge on any atom is 0.176 e. The average Bonchev–Trinajstić information content (AvgIpc) is 2.90. The van der Waals surface area contributed by atoms with E-state index in [-0.39, 0.29) is 5.75 Å². The van der Waals surface area contributed by atoms with Crippen molar-refractivity contribution in [3.63, 3.8) is 0 Å². The lowest BCUT2D eigenvalue weighted by Crippen LogP contribution is -1.86. The first-order valence-electron chi connectivity index (χ1n) is 6.16. The van der Waals surface area contributed by atoms with E-state index in [0.717, 1.165) is 10.9 Å². The summed E-state index contributed by atoms with van der Waals surface area (Å²) < 4.78 is 16.4. The summed E-state index contributed by atoms with van der Waals surface area (Å²) in [5.74, 6) is 2.28. The van der Waals surface area contributed by atoms with Crippen LogP contribution in [-0.4, -0.2) is 19.3 Å². The minimum absolute atomic E-state index is 0.226. The summed E-state index contributed by atoms with van der Waals surface area (Å²) in [6, 6.07) is 12.5. The van der Waals surface area contributed by atoms with Crippen molar-refractivity contribution in [2.75, 3.05) is 14.2 Å². The minimum atomic E-state index is 0.226. The van der Waals surface area contributed by atoms with E-state index in [9.17, 15) is 5.11 Å². The largest absolute Gasteiger partial charge is 0.508 e. The van der Waals surface area contributed by atoms with Crippen LogP contribution < -0.4 is 9.47 Å². The number of phenolic OH excluding ortho intramolecular Hbond substituents is 1. The number of ether oxygens (including phenoxy) is 2. The Morgan fingerprint density at radius 3 is 2.35 bits per heavy atom. The standard InChI is InChI=1S/C16H14O4/c1-18-13-7-11-8-14(10-3-5-12(17)6-4-10)20-16(11)15(9-13)19-2/h3-9,17H,1-2H3. The molecule has 0 amide bonds. The predicted molar refractivity (Wildman–Crippen MR) is 76.4 cm³/mol. The minimum Gasteiger partial charge on any atom is -0.508 e. The Morgan fingerprint density at radius 1 is 0.950 bits per heavy atom. The molecule has 0 fully saturated rings. The van der Waals surface area contributed by atoms with Gasteiger partial charge in [0.1, 0.15) is 17.3 Å². The Balaban J connectivity index is 2.16. The molecule has 4 heteroatoms. The Hall–Kier alpha value is -2.62. The van der Waals surface area contributed by atoms with Crippen molar-refractivity contribution in [1.29, 1.82) is 0 Å². The number of furan rings is 1. The van der Waals surface area contributed by atoms with Crippen LogP contribution in [0, 0.1) is 0 Å². The molecule has 3 rings (SSSR count). The molecule has 102 valence electrons. The summed E-state index contributed by atoms with van der Waals surface area (Å²) in [7, 11) is 3.21. The second-order valence-electron chi connectivity index (χ2n) is 4.41. The van der Waals surface area contributed by atoms with Gasteiger partial charge in [0.2, 0.25) is 0 Å². The maximum atomic E-state index is 9.33. The number of fused-ring (bicyclic) bond motifs is 1. The van der Waals surface area contributed by atoms with E-state index in [1.165, 1.54) is 0 Å². The van der Waals surface area contributed by atoms with Crippen molar-refractivity contribution in [3.8, 4) is 28.6 Å². The van der Waals surface area contributed by atoms with Crippen LogP contribution in [-0.2, 0) is 0 Å². The van der Waals surface area contributed by atoms with Gasteiger partial charge in [-0.15, -0.1) is 0 Å². The van der Waals surface area contributed by atoms with Crippen LogP contribution in [0.5, 0.6) is 17.2 Å². The lowest BCUT2D eigenvalue weighted by atomic mass is 10.1. The zero-order valence-electron chi connectivity index (χ0n) is 11.2. The molecular weight excluding hydrogens is 256 g/mol. The van der Waals surface area contributed by atoms with Gasteiger partial charge in [-0.3, -0.25) is 0 Å². The van der Waals surface area contributed by atoms with Crippen molar-refractivity contribution < 1.29 is 19.0 Å². The van der Waals surface area contributed by atoms with E-state index < -0.39 is 0 Å². The van der Waals surface area contributed by atoms with Crippen LogP contribution in [0.3, 0.4) is 0 Å². The Labute approximate surface area is 116 Å². The van der Waals surface area contributed by atoms with Crippen molar-refractivity contribution in [2.45, 2.75) is 0 Å². The fraction of sp³-hybridized carbons (Fsp3) is 0.125. The number of benzene rings is 2. The van der Waals surface area contributed by atoms with Gasteiger partial charge >= 0.3 is 0 Å². The molecule has 4 nitrogen and oxygen atoms in total. The first-order valence-corrected chi connectivity index (χ1v) is 6.16. The van der Waals surface area contributed by atoms with Crippen LogP contribution >= 0.6 is 0 Å². The molecule has 0 aliphatic heterocycles. The highest BCUT2D eigenvalue weighted by Crippen LogP contribution is 2.36. The van der Waals surface area contributed by atoms with E-state index in [0.29, 0.717) is 22.8 Å². The summed E-state index contributed by atoms with van der Waals surface area (Å²) >= 11 is 0. The summed E-state index contributed by atoms with van der Waals surface area (Å²) in [5, 5.41) is 10.2. The van der Waals surface area contributed by atoms with E-state index in [2.05, 4.69) is 0 Å².